The molecule has 2 rings (SSSR count). The number of carboxylic acid groups (broad SMARTS) is 1. The number of thioether (sulfide) groups is 1. The number of halogens is 1. The van der Waals surface area contributed by atoms with E-state index >= 15 is 0 Å². The molecule has 0 saturated heterocycles. The van der Waals surface area contributed by atoms with Crippen molar-refractivity contribution in [3.63, 3.8) is 0 Å². The van der Waals surface area contributed by atoms with Crippen LogP contribution in [0.5, 0.6) is 0 Å². The summed E-state index contributed by atoms with van der Waals surface area (Å²) >= 11 is 1.64. The Morgan fingerprint density at radius 2 is 1.90 bits per heavy atom. The minimum Gasteiger partial charge on any atom is -0.478 e. The molecule has 0 aliphatic carbocycles. The largest absolute Gasteiger partial charge is 0.478 e. The summed E-state index contributed by atoms with van der Waals surface area (Å²) in [5, 5.41) is 8.89. The van der Waals surface area contributed by atoms with Crippen LogP contribution in [-0.2, 0) is 11.5 Å². The Balaban J connectivity index is 1.99. The fraction of sp³-hybridized carbons (Fsp3) is 0.188. The number of carboxylic acids is 1. The molecule has 2 aromatic carbocycles. The first-order valence-corrected chi connectivity index (χ1v) is 7.36. The van der Waals surface area contributed by atoms with Crippen molar-refractivity contribution >= 4 is 17.7 Å². The minimum absolute atomic E-state index is 0.00356. The van der Waals surface area contributed by atoms with Crippen LogP contribution < -0.4 is 0 Å². The van der Waals surface area contributed by atoms with E-state index in [-0.39, 0.29) is 5.56 Å². The number of hydrogen-bond acceptors (Lipinski definition) is 2. The smallest absolute Gasteiger partial charge is 0.335 e. The van der Waals surface area contributed by atoms with Crippen molar-refractivity contribution in [2.75, 3.05) is 0 Å². The summed E-state index contributed by atoms with van der Waals surface area (Å²) in [5.74, 6) is -0.197. The van der Waals surface area contributed by atoms with E-state index in [2.05, 4.69) is 6.07 Å². The van der Waals surface area contributed by atoms with Crippen LogP contribution in [-0.4, -0.2) is 11.1 Å². The maximum Gasteiger partial charge on any atom is 0.335 e. The second-order valence-electron chi connectivity index (χ2n) is 4.64. The molecule has 4 heteroatoms. The Kier molecular flexibility index (Phi) is 4.79. The van der Waals surface area contributed by atoms with Crippen LogP contribution in [0.3, 0.4) is 0 Å². The van der Waals surface area contributed by atoms with E-state index < -0.39 is 11.8 Å². The predicted molar refractivity (Wildman–Crippen MR) is 79.5 cm³/mol. The van der Waals surface area contributed by atoms with Crippen LogP contribution in [0, 0.1) is 12.7 Å². The fourth-order valence-corrected chi connectivity index (χ4v) is 2.87. The van der Waals surface area contributed by atoms with Crippen LogP contribution in [0.4, 0.5) is 4.39 Å². The summed E-state index contributed by atoms with van der Waals surface area (Å²) in [7, 11) is 0. The molecule has 0 aromatic heterocycles. The highest BCUT2D eigenvalue weighted by molar-refractivity contribution is 7.97. The average Bonchev–Trinajstić information content (AvgIpc) is 2.38. The highest BCUT2D eigenvalue weighted by atomic mass is 32.2. The van der Waals surface area contributed by atoms with Gasteiger partial charge in [-0.2, -0.15) is 11.8 Å². The SMILES string of the molecule is Cc1cccc(CSCc2cc(F)cc(C(=O)O)c2)c1. The van der Waals surface area contributed by atoms with Gasteiger partial charge in [0.1, 0.15) is 5.82 Å². The maximum atomic E-state index is 13.3. The molecule has 0 aliphatic rings. The molecule has 0 amide bonds. The van der Waals surface area contributed by atoms with E-state index in [1.54, 1.807) is 11.8 Å². The van der Waals surface area contributed by atoms with E-state index in [4.69, 9.17) is 5.11 Å². The molecule has 1 N–H and O–H groups in total. The van der Waals surface area contributed by atoms with Crippen LogP contribution in [0.1, 0.15) is 27.0 Å². The zero-order valence-corrected chi connectivity index (χ0v) is 11.9. The van der Waals surface area contributed by atoms with Crippen molar-refractivity contribution in [3.05, 3.63) is 70.5 Å². The molecule has 0 atom stereocenters. The normalized spacial score (nSPS) is 10.5. The molecule has 20 heavy (non-hydrogen) atoms. The van der Waals surface area contributed by atoms with Gasteiger partial charge in [0.05, 0.1) is 5.56 Å². The van der Waals surface area contributed by atoms with Crippen molar-refractivity contribution in [1.29, 1.82) is 0 Å². The molecular formula is C16H15FO2S. The Labute approximate surface area is 121 Å². The molecule has 0 radical (unpaired) electrons. The van der Waals surface area contributed by atoms with Crippen LogP contribution in [0.25, 0.3) is 0 Å². The molecule has 2 aromatic rings. The number of carbonyl (C=O) groups is 1. The van der Waals surface area contributed by atoms with Crippen molar-refractivity contribution in [2.45, 2.75) is 18.4 Å². The lowest BCUT2D eigenvalue weighted by atomic mass is 10.1. The van der Waals surface area contributed by atoms with Gasteiger partial charge in [0.15, 0.2) is 0 Å². The van der Waals surface area contributed by atoms with Gasteiger partial charge in [0.2, 0.25) is 0 Å². The monoisotopic (exact) mass is 290 g/mol. The molecule has 0 heterocycles. The third-order valence-corrected chi connectivity index (χ3v) is 3.90. The van der Waals surface area contributed by atoms with Gasteiger partial charge in [0, 0.05) is 11.5 Å². The Morgan fingerprint density at radius 1 is 1.15 bits per heavy atom. The third-order valence-electron chi connectivity index (χ3n) is 2.82. The second kappa shape index (κ2) is 6.57. The molecule has 0 unspecified atom stereocenters. The summed E-state index contributed by atoms with van der Waals surface area (Å²) < 4.78 is 13.3. The van der Waals surface area contributed by atoms with Gasteiger partial charge in [-0.1, -0.05) is 29.8 Å². The molecule has 0 fully saturated rings. The van der Waals surface area contributed by atoms with Gasteiger partial charge in [-0.15, -0.1) is 0 Å². The van der Waals surface area contributed by atoms with Gasteiger partial charge in [0.25, 0.3) is 0 Å². The highest BCUT2D eigenvalue weighted by Gasteiger charge is 2.07. The number of hydrogen-bond donors (Lipinski definition) is 1. The Morgan fingerprint density at radius 3 is 2.60 bits per heavy atom. The van der Waals surface area contributed by atoms with E-state index in [0.717, 1.165) is 11.8 Å². The van der Waals surface area contributed by atoms with E-state index in [9.17, 15) is 9.18 Å². The fourth-order valence-electron chi connectivity index (χ4n) is 1.95. The van der Waals surface area contributed by atoms with Gasteiger partial charge in [-0.25, -0.2) is 9.18 Å². The zero-order valence-electron chi connectivity index (χ0n) is 11.1. The van der Waals surface area contributed by atoms with Crippen molar-refractivity contribution in [1.82, 2.24) is 0 Å². The second-order valence-corrected chi connectivity index (χ2v) is 5.62. The quantitative estimate of drug-likeness (QED) is 0.893. The predicted octanol–water partition coefficient (Wildman–Crippen LogP) is 4.27. The first-order chi connectivity index (χ1) is 9.54. The standard InChI is InChI=1S/C16H15FO2S/c1-11-3-2-4-12(5-11)9-20-10-13-6-14(16(18)19)8-15(17)7-13/h2-8H,9-10H2,1H3,(H,18,19). The summed E-state index contributed by atoms with van der Waals surface area (Å²) in [6.07, 6.45) is 0. The molecular weight excluding hydrogens is 275 g/mol. The molecule has 0 bridgehead atoms. The summed E-state index contributed by atoms with van der Waals surface area (Å²) in [4.78, 5) is 10.9. The molecule has 0 aliphatic heterocycles. The lowest BCUT2D eigenvalue weighted by Crippen LogP contribution is -1.98. The minimum atomic E-state index is -1.10. The van der Waals surface area contributed by atoms with Crippen LogP contribution in [0.2, 0.25) is 0 Å². The van der Waals surface area contributed by atoms with E-state index in [0.29, 0.717) is 11.3 Å². The number of aromatic carboxylic acids is 1. The van der Waals surface area contributed by atoms with Crippen molar-refractivity contribution in [2.24, 2.45) is 0 Å². The molecule has 0 saturated carbocycles. The Hall–Kier alpha value is -1.81. The van der Waals surface area contributed by atoms with E-state index in [1.807, 2.05) is 25.1 Å². The number of benzene rings is 2. The number of aryl methyl sites for hydroxylation is 1. The summed E-state index contributed by atoms with van der Waals surface area (Å²) in [6, 6.07) is 12.2. The molecule has 104 valence electrons. The molecule has 0 spiro atoms. The summed E-state index contributed by atoms with van der Waals surface area (Å²) in [6.45, 7) is 2.04. The van der Waals surface area contributed by atoms with Crippen LogP contribution >= 0.6 is 11.8 Å². The van der Waals surface area contributed by atoms with E-state index in [1.165, 1.54) is 23.3 Å². The van der Waals surface area contributed by atoms with Crippen molar-refractivity contribution < 1.29 is 14.3 Å². The lowest BCUT2D eigenvalue weighted by molar-refractivity contribution is 0.0696. The van der Waals surface area contributed by atoms with Gasteiger partial charge >= 0.3 is 5.97 Å². The van der Waals surface area contributed by atoms with Gasteiger partial charge in [-0.3, -0.25) is 0 Å². The third kappa shape index (κ3) is 4.10. The van der Waals surface area contributed by atoms with Crippen molar-refractivity contribution in [3.8, 4) is 0 Å². The average molecular weight is 290 g/mol. The van der Waals surface area contributed by atoms with Gasteiger partial charge < -0.3 is 5.11 Å². The maximum absolute atomic E-state index is 13.3. The zero-order chi connectivity index (χ0) is 14.5. The first kappa shape index (κ1) is 14.6. The lowest BCUT2D eigenvalue weighted by Gasteiger charge is -2.05. The highest BCUT2D eigenvalue weighted by Crippen LogP contribution is 2.20. The first-order valence-electron chi connectivity index (χ1n) is 6.20. The van der Waals surface area contributed by atoms with Crippen LogP contribution in [0.15, 0.2) is 42.5 Å². The molecule has 2 nitrogen and oxygen atoms in total. The topological polar surface area (TPSA) is 37.3 Å². The number of rotatable bonds is 5. The summed E-state index contributed by atoms with van der Waals surface area (Å²) in [5.41, 5.74) is 3.11. The van der Waals surface area contributed by atoms with Gasteiger partial charge in [-0.05, 0) is 36.2 Å². The Bertz CT molecular complexity index is 626.